The third-order valence-corrected chi connectivity index (χ3v) is 3.24. The number of hydrogen-bond donors (Lipinski definition) is 1. The molecule has 2 aromatic rings. The molecule has 0 aliphatic carbocycles. The fourth-order valence-corrected chi connectivity index (χ4v) is 2.07. The normalized spacial score (nSPS) is 12.0. The Morgan fingerprint density at radius 2 is 2.05 bits per heavy atom. The number of ether oxygens (including phenoxy) is 1. The lowest BCUT2D eigenvalue weighted by atomic mass is 10.1. The molecule has 20 heavy (non-hydrogen) atoms. The van der Waals surface area contributed by atoms with Gasteiger partial charge in [0.1, 0.15) is 11.6 Å². The van der Waals surface area contributed by atoms with Crippen LogP contribution < -0.4 is 9.64 Å². The maximum Gasteiger partial charge on any atom is 0.128 e. The van der Waals surface area contributed by atoms with Crippen molar-refractivity contribution in [3.05, 3.63) is 53.7 Å². The van der Waals surface area contributed by atoms with Crippen LogP contribution in [-0.4, -0.2) is 24.2 Å². The van der Waals surface area contributed by atoms with Crippen LogP contribution in [0, 0.1) is 0 Å². The number of aromatic nitrogens is 1. The molecular weight excluding hydrogens is 252 g/mol. The fraction of sp³-hybridized carbons (Fsp3) is 0.312. The van der Waals surface area contributed by atoms with Gasteiger partial charge in [0.15, 0.2) is 0 Å². The zero-order valence-electron chi connectivity index (χ0n) is 12.1. The van der Waals surface area contributed by atoms with E-state index in [0.717, 1.165) is 22.7 Å². The molecule has 0 radical (unpaired) electrons. The van der Waals surface area contributed by atoms with Gasteiger partial charge in [-0.15, -0.1) is 0 Å². The van der Waals surface area contributed by atoms with Crippen LogP contribution in [-0.2, 0) is 6.54 Å². The number of aliphatic hydroxyl groups excluding tert-OH is 1. The minimum absolute atomic E-state index is 0.489. The summed E-state index contributed by atoms with van der Waals surface area (Å²) in [6.07, 6.45) is 1.23. The Kier molecular flexibility index (Phi) is 4.58. The fourth-order valence-electron chi connectivity index (χ4n) is 2.07. The van der Waals surface area contributed by atoms with Crippen molar-refractivity contribution in [1.82, 2.24) is 4.98 Å². The number of hydrogen-bond acceptors (Lipinski definition) is 4. The smallest absolute Gasteiger partial charge is 0.128 e. The summed E-state index contributed by atoms with van der Waals surface area (Å²) in [5.41, 5.74) is 1.96. The summed E-state index contributed by atoms with van der Waals surface area (Å²) in [5, 5.41) is 9.64. The van der Waals surface area contributed by atoms with Gasteiger partial charge in [-0.2, -0.15) is 0 Å². The van der Waals surface area contributed by atoms with E-state index >= 15 is 0 Å². The highest BCUT2D eigenvalue weighted by molar-refractivity contribution is 5.43. The first-order valence-electron chi connectivity index (χ1n) is 6.59. The number of methoxy groups -OCH3 is 1. The summed E-state index contributed by atoms with van der Waals surface area (Å²) < 4.78 is 5.36. The van der Waals surface area contributed by atoms with Gasteiger partial charge >= 0.3 is 0 Å². The van der Waals surface area contributed by atoms with E-state index < -0.39 is 6.10 Å². The molecule has 0 aliphatic heterocycles. The summed E-state index contributed by atoms with van der Waals surface area (Å²) in [6.45, 7) is 2.44. The summed E-state index contributed by atoms with van der Waals surface area (Å²) in [7, 11) is 3.64. The van der Waals surface area contributed by atoms with Crippen LogP contribution in [0.4, 0.5) is 5.82 Å². The summed E-state index contributed by atoms with van der Waals surface area (Å²) in [5.74, 6) is 1.69. The quantitative estimate of drug-likeness (QED) is 0.909. The van der Waals surface area contributed by atoms with Gasteiger partial charge in [0.25, 0.3) is 0 Å². The number of anilines is 1. The molecule has 1 aromatic heterocycles. The van der Waals surface area contributed by atoms with Gasteiger partial charge in [0.05, 0.1) is 13.2 Å². The molecule has 0 unspecified atom stereocenters. The highest BCUT2D eigenvalue weighted by Crippen LogP contribution is 2.22. The topological polar surface area (TPSA) is 45.6 Å². The molecule has 2 rings (SSSR count). The van der Waals surface area contributed by atoms with Crippen LogP contribution in [0.3, 0.4) is 0 Å². The highest BCUT2D eigenvalue weighted by Gasteiger charge is 2.09. The number of benzene rings is 1. The number of nitrogens with zero attached hydrogens (tertiary/aromatic N) is 2. The van der Waals surface area contributed by atoms with Crippen LogP contribution >= 0.6 is 0 Å². The maximum absolute atomic E-state index is 9.64. The Morgan fingerprint density at radius 3 is 2.75 bits per heavy atom. The monoisotopic (exact) mass is 272 g/mol. The van der Waals surface area contributed by atoms with E-state index in [1.165, 1.54) is 0 Å². The molecule has 4 heteroatoms. The first kappa shape index (κ1) is 14.3. The number of rotatable bonds is 5. The lowest BCUT2D eigenvalue weighted by Crippen LogP contribution is -2.18. The number of para-hydroxylation sites is 1. The Labute approximate surface area is 119 Å². The van der Waals surface area contributed by atoms with Crippen LogP contribution in [0.25, 0.3) is 0 Å². The van der Waals surface area contributed by atoms with Crippen molar-refractivity contribution in [3.8, 4) is 5.75 Å². The molecule has 1 heterocycles. The summed E-state index contributed by atoms with van der Waals surface area (Å²) in [6, 6.07) is 11.7. The Hall–Kier alpha value is -2.07. The molecule has 0 saturated carbocycles. The van der Waals surface area contributed by atoms with E-state index in [1.807, 2.05) is 48.3 Å². The van der Waals surface area contributed by atoms with Gasteiger partial charge < -0.3 is 14.7 Å². The van der Waals surface area contributed by atoms with Gasteiger partial charge in [-0.1, -0.05) is 18.2 Å². The van der Waals surface area contributed by atoms with Gasteiger partial charge in [-0.25, -0.2) is 4.98 Å². The average Bonchev–Trinajstić information content (AvgIpc) is 2.48. The van der Waals surface area contributed by atoms with E-state index in [1.54, 1.807) is 20.2 Å². The second-order valence-electron chi connectivity index (χ2n) is 4.79. The minimum atomic E-state index is -0.489. The van der Waals surface area contributed by atoms with Gasteiger partial charge in [0.2, 0.25) is 0 Å². The Balaban J connectivity index is 2.19. The maximum atomic E-state index is 9.64. The van der Waals surface area contributed by atoms with Crippen LogP contribution in [0.2, 0.25) is 0 Å². The molecular formula is C16H20N2O2. The standard InChI is InChI=1S/C16H20N2O2/c1-12(19)13-8-9-17-16(10-13)18(2)11-14-6-4-5-7-15(14)20-3/h4-10,12,19H,11H2,1-3H3/t12-/m0/s1. The molecule has 106 valence electrons. The molecule has 1 N–H and O–H groups in total. The van der Waals surface area contributed by atoms with Crippen molar-refractivity contribution < 1.29 is 9.84 Å². The number of aliphatic hydroxyl groups is 1. The third-order valence-electron chi connectivity index (χ3n) is 3.24. The molecule has 0 saturated heterocycles. The van der Waals surface area contributed by atoms with Crippen LogP contribution in [0.1, 0.15) is 24.2 Å². The predicted octanol–water partition coefficient (Wildman–Crippen LogP) is 2.78. The zero-order chi connectivity index (χ0) is 14.5. The second-order valence-corrected chi connectivity index (χ2v) is 4.79. The van der Waals surface area contributed by atoms with E-state index in [9.17, 15) is 5.11 Å². The van der Waals surface area contributed by atoms with Crippen molar-refractivity contribution >= 4 is 5.82 Å². The van der Waals surface area contributed by atoms with E-state index in [4.69, 9.17) is 4.74 Å². The SMILES string of the molecule is COc1ccccc1CN(C)c1cc([C@H](C)O)ccn1. The largest absolute Gasteiger partial charge is 0.496 e. The number of pyridine rings is 1. The Morgan fingerprint density at radius 1 is 1.30 bits per heavy atom. The minimum Gasteiger partial charge on any atom is -0.496 e. The van der Waals surface area contributed by atoms with E-state index in [0.29, 0.717) is 6.54 Å². The first-order chi connectivity index (χ1) is 9.61. The summed E-state index contributed by atoms with van der Waals surface area (Å²) in [4.78, 5) is 6.38. The first-order valence-corrected chi connectivity index (χ1v) is 6.59. The molecule has 0 fully saturated rings. The average molecular weight is 272 g/mol. The van der Waals surface area contributed by atoms with Crippen molar-refractivity contribution in [1.29, 1.82) is 0 Å². The van der Waals surface area contributed by atoms with Gasteiger partial charge in [-0.3, -0.25) is 0 Å². The van der Waals surface area contributed by atoms with Gasteiger partial charge in [-0.05, 0) is 30.7 Å². The highest BCUT2D eigenvalue weighted by atomic mass is 16.5. The van der Waals surface area contributed by atoms with Crippen molar-refractivity contribution in [2.24, 2.45) is 0 Å². The van der Waals surface area contributed by atoms with Gasteiger partial charge in [0, 0.05) is 25.4 Å². The lowest BCUT2D eigenvalue weighted by molar-refractivity contribution is 0.199. The summed E-state index contributed by atoms with van der Waals surface area (Å²) >= 11 is 0. The zero-order valence-corrected chi connectivity index (χ0v) is 12.1. The molecule has 1 atom stereocenters. The predicted molar refractivity (Wildman–Crippen MR) is 80.0 cm³/mol. The molecule has 0 aliphatic rings. The second kappa shape index (κ2) is 6.39. The van der Waals surface area contributed by atoms with E-state index in [2.05, 4.69) is 4.98 Å². The van der Waals surface area contributed by atoms with Crippen LogP contribution in [0.15, 0.2) is 42.6 Å². The molecule has 4 nitrogen and oxygen atoms in total. The third kappa shape index (κ3) is 3.27. The molecule has 0 bridgehead atoms. The van der Waals surface area contributed by atoms with Crippen molar-refractivity contribution in [3.63, 3.8) is 0 Å². The molecule has 0 amide bonds. The van der Waals surface area contributed by atoms with Crippen molar-refractivity contribution in [2.75, 3.05) is 19.1 Å². The molecule has 1 aromatic carbocycles. The molecule has 0 spiro atoms. The van der Waals surface area contributed by atoms with Crippen molar-refractivity contribution in [2.45, 2.75) is 19.6 Å². The Bertz CT molecular complexity index is 570. The van der Waals surface area contributed by atoms with E-state index in [-0.39, 0.29) is 0 Å². The van der Waals surface area contributed by atoms with Crippen LogP contribution in [0.5, 0.6) is 5.75 Å². The lowest BCUT2D eigenvalue weighted by Gasteiger charge is -2.20.